The van der Waals surface area contributed by atoms with E-state index in [1.54, 1.807) is 0 Å². The van der Waals surface area contributed by atoms with Crippen molar-refractivity contribution in [1.82, 2.24) is 30.5 Å². The van der Waals surface area contributed by atoms with Gasteiger partial charge in [-0.05, 0) is 37.5 Å². The number of carbonyl (C=O) groups is 1. The van der Waals surface area contributed by atoms with Crippen LogP contribution in [0.1, 0.15) is 41.2 Å². The molecule has 1 atom stereocenters. The van der Waals surface area contributed by atoms with Crippen LogP contribution >= 0.6 is 0 Å². The molecule has 2 aliphatic rings. The van der Waals surface area contributed by atoms with Crippen molar-refractivity contribution in [1.29, 1.82) is 0 Å². The van der Waals surface area contributed by atoms with Gasteiger partial charge >= 0.3 is 0 Å². The van der Waals surface area contributed by atoms with E-state index in [4.69, 9.17) is 4.98 Å². The first kappa shape index (κ1) is 16.9. The van der Waals surface area contributed by atoms with Crippen LogP contribution in [0.5, 0.6) is 0 Å². The van der Waals surface area contributed by atoms with Crippen LogP contribution in [0.25, 0.3) is 11.4 Å². The van der Waals surface area contributed by atoms with Crippen molar-refractivity contribution >= 4 is 11.9 Å². The van der Waals surface area contributed by atoms with Gasteiger partial charge in [0, 0.05) is 48.1 Å². The second-order valence-corrected chi connectivity index (χ2v) is 7.37. The fourth-order valence-corrected chi connectivity index (χ4v) is 3.57. The van der Waals surface area contributed by atoms with Crippen molar-refractivity contribution in [2.24, 2.45) is 0 Å². The Hall–Kier alpha value is -3.29. The second-order valence-electron chi connectivity index (χ2n) is 7.37. The molecule has 3 heterocycles. The number of aromatic amines is 1. The van der Waals surface area contributed by atoms with E-state index in [-0.39, 0.29) is 11.9 Å². The highest BCUT2D eigenvalue weighted by Gasteiger charge is 2.29. The van der Waals surface area contributed by atoms with Gasteiger partial charge in [0.15, 0.2) is 5.82 Å². The summed E-state index contributed by atoms with van der Waals surface area (Å²) in [6.45, 7) is 1.58. The Morgan fingerprint density at radius 1 is 1.11 bits per heavy atom. The average molecular weight is 375 g/mol. The molecule has 142 valence electrons. The number of H-pyrrole nitrogens is 1. The molecule has 2 aromatic heterocycles. The SMILES string of the molecule is O=C(NC1CCN(c2nccc(C3CC3)n2)C1)c1ccc(-c2ncn[nH]2)cc1. The fourth-order valence-electron chi connectivity index (χ4n) is 3.57. The van der Waals surface area contributed by atoms with Gasteiger partial charge in [0.25, 0.3) is 5.91 Å². The van der Waals surface area contributed by atoms with Gasteiger partial charge in [0.1, 0.15) is 6.33 Å². The topological polar surface area (TPSA) is 99.7 Å². The zero-order valence-corrected chi connectivity index (χ0v) is 15.4. The van der Waals surface area contributed by atoms with E-state index in [1.807, 2.05) is 36.5 Å². The van der Waals surface area contributed by atoms with E-state index in [2.05, 4.69) is 30.4 Å². The lowest BCUT2D eigenvalue weighted by atomic mass is 10.1. The lowest BCUT2D eigenvalue weighted by molar-refractivity contribution is 0.0940. The van der Waals surface area contributed by atoms with E-state index in [9.17, 15) is 4.79 Å². The molecule has 1 saturated carbocycles. The summed E-state index contributed by atoms with van der Waals surface area (Å²) in [4.78, 5) is 28.0. The molecule has 28 heavy (non-hydrogen) atoms. The molecule has 5 rings (SSSR count). The van der Waals surface area contributed by atoms with Crippen LogP contribution in [0.2, 0.25) is 0 Å². The highest BCUT2D eigenvalue weighted by molar-refractivity contribution is 5.94. The number of anilines is 1. The summed E-state index contributed by atoms with van der Waals surface area (Å²) in [5, 5.41) is 9.79. The number of rotatable bonds is 5. The quantitative estimate of drug-likeness (QED) is 0.709. The van der Waals surface area contributed by atoms with Crippen molar-refractivity contribution in [2.45, 2.75) is 31.2 Å². The Labute approximate surface area is 162 Å². The maximum absolute atomic E-state index is 12.6. The van der Waals surface area contributed by atoms with Gasteiger partial charge in [-0.15, -0.1) is 0 Å². The van der Waals surface area contributed by atoms with Gasteiger partial charge in [0.05, 0.1) is 0 Å². The van der Waals surface area contributed by atoms with Crippen LogP contribution in [-0.2, 0) is 0 Å². The maximum atomic E-state index is 12.6. The number of benzene rings is 1. The Morgan fingerprint density at radius 3 is 2.71 bits per heavy atom. The molecular formula is C20H21N7O. The molecule has 8 heteroatoms. The molecule has 3 aromatic rings. The number of hydrogen-bond donors (Lipinski definition) is 2. The summed E-state index contributed by atoms with van der Waals surface area (Å²) >= 11 is 0. The molecule has 1 saturated heterocycles. The van der Waals surface area contributed by atoms with E-state index in [0.717, 1.165) is 36.7 Å². The van der Waals surface area contributed by atoms with Crippen molar-refractivity contribution in [3.63, 3.8) is 0 Å². The maximum Gasteiger partial charge on any atom is 0.251 e. The highest BCUT2D eigenvalue weighted by Crippen LogP contribution is 2.39. The third kappa shape index (κ3) is 3.45. The zero-order valence-electron chi connectivity index (χ0n) is 15.4. The third-order valence-electron chi connectivity index (χ3n) is 5.30. The zero-order chi connectivity index (χ0) is 18.9. The van der Waals surface area contributed by atoms with Crippen molar-refractivity contribution in [2.75, 3.05) is 18.0 Å². The third-order valence-corrected chi connectivity index (χ3v) is 5.30. The molecule has 0 bridgehead atoms. The first-order valence-electron chi connectivity index (χ1n) is 9.61. The Morgan fingerprint density at radius 2 is 1.96 bits per heavy atom. The molecule has 1 aliphatic heterocycles. The van der Waals surface area contributed by atoms with Gasteiger partial charge in [-0.1, -0.05) is 12.1 Å². The van der Waals surface area contributed by atoms with Crippen molar-refractivity contribution < 1.29 is 4.79 Å². The van der Waals surface area contributed by atoms with Crippen molar-refractivity contribution in [3.05, 3.63) is 54.1 Å². The molecular weight excluding hydrogens is 354 g/mol. The molecule has 1 unspecified atom stereocenters. The summed E-state index contributed by atoms with van der Waals surface area (Å²) in [5.74, 6) is 2.01. The standard InChI is InChI=1S/C20H21N7O/c28-19(15-5-3-14(4-6-15)18-22-12-23-26-18)24-16-8-10-27(11-16)20-21-9-7-17(25-20)13-1-2-13/h3-7,9,12-13,16H,1-2,8,10-11H2,(H,24,28)(H,22,23,26). The van der Waals surface area contributed by atoms with Crippen LogP contribution < -0.4 is 10.2 Å². The van der Waals surface area contributed by atoms with E-state index in [0.29, 0.717) is 17.3 Å². The molecule has 2 N–H and O–H groups in total. The van der Waals surface area contributed by atoms with Crippen LogP contribution in [0.3, 0.4) is 0 Å². The molecule has 1 amide bonds. The summed E-state index contributed by atoms with van der Waals surface area (Å²) in [6, 6.07) is 9.46. The number of aromatic nitrogens is 5. The predicted octanol–water partition coefficient (Wildman–Crippen LogP) is 2.15. The lowest BCUT2D eigenvalue weighted by Gasteiger charge is -2.17. The van der Waals surface area contributed by atoms with Crippen molar-refractivity contribution in [3.8, 4) is 11.4 Å². The number of nitrogens with zero attached hydrogens (tertiary/aromatic N) is 5. The fraction of sp³-hybridized carbons (Fsp3) is 0.350. The summed E-state index contributed by atoms with van der Waals surface area (Å²) in [7, 11) is 0. The number of amides is 1. The van der Waals surface area contributed by atoms with Crippen LogP contribution in [0.15, 0.2) is 42.9 Å². The minimum Gasteiger partial charge on any atom is -0.347 e. The van der Waals surface area contributed by atoms with Gasteiger partial charge in [-0.3, -0.25) is 9.89 Å². The molecule has 1 aliphatic carbocycles. The molecule has 8 nitrogen and oxygen atoms in total. The average Bonchev–Trinajstić information content (AvgIpc) is 3.24. The number of hydrogen-bond acceptors (Lipinski definition) is 6. The molecule has 2 fully saturated rings. The van der Waals surface area contributed by atoms with Gasteiger partial charge < -0.3 is 10.2 Å². The Bertz CT molecular complexity index is 966. The van der Waals surface area contributed by atoms with E-state index in [1.165, 1.54) is 19.2 Å². The number of carbonyl (C=O) groups excluding carboxylic acids is 1. The van der Waals surface area contributed by atoms with Gasteiger partial charge in [-0.2, -0.15) is 5.10 Å². The van der Waals surface area contributed by atoms with Gasteiger partial charge in [0.2, 0.25) is 5.95 Å². The summed E-state index contributed by atoms with van der Waals surface area (Å²) in [5.41, 5.74) is 2.67. The lowest BCUT2D eigenvalue weighted by Crippen LogP contribution is -2.37. The minimum atomic E-state index is -0.0661. The largest absolute Gasteiger partial charge is 0.347 e. The smallest absolute Gasteiger partial charge is 0.251 e. The molecule has 0 radical (unpaired) electrons. The van der Waals surface area contributed by atoms with E-state index < -0.39 is 0 Å². The second kappa shape index (κ2) is 7.03. The molecule has 1 aromatic carbocycles. The highest BCUT2D eigenvalue weighted by atomic mass is 16.1. The van der Waals surface area contributed by atoms with Crippen LogP contribution in [-0.4, -0.2) is 50.2 Å². The van der Waals surface area contributed by atoms with Crippen LogP contribution in [0, 0.1) is 0 Å². The minimum absolute atomic E-state index is 0.0661. The monoisotopic (exact) mass is 375 g/mol. The first-order valence-corrected chi connectivity index (χ1v) is 9.61. The molecule has 0 spiro atoms. The number of nitrogens with one attached hydrogen (secondary N) is 2. The Kier molecular flexibility index (Phi) is 4.23. The van der Waals surface area contributed by atoms with Gasteiger partial charge in [-0.25, -0.2) is 15.0 Å². The normalized spacial score (nSPS) is 19.0. The van der Waals surface area contributed by atoms with E-state index >= 15 is 0 Å². The Balaban J connectivity index is 1.21. The van der Waals surface area contributed by atoms with Crippen LogP contribution in [0.4, 0.5) is 5.95 Å². The first-order chi connectivity index (χ1) is 13.8. The predicted molar refractivity (Wildman–Crippen MR) is 104 cm³/mol. The summed E-state index contributed by atoms with van der Waals surface area (Å²) in [6.07, 6.45) is 6.65. The summed E-state index contributed by atoms with van der Waals surface area (Å²) < 4.78 is 0.